The van der Waals surface area contributed by atoms with Gasteiger partial charge in [-0.2, -0.15) is 0 Å². The average Bonchev–Trinajstić information content (AvgIpc) is 2.98. The lowest BCUT2D eigenvalue weighted by Gasteiger charge is -2.13. The fourth-order valence-electron chi connectivity index (χ4n) is 1.69. The summed E-state index contributed by atoms with van der Waals surface area (Å²) >= 11 is 0. The third kappa shape index (κ3) is 3.85. The van der Waals surface area contributed by atoms with Crippen LogP contribution in [0.25, 0.3) is 0 Å². The van der Waals surface area contributed by atoms with Gasteiger partial charge in [0.2, 0.25) is 0 Å². The topological polar surface area (TPSA) is 94.6 Å². The molecule has 0 radical (unpaired) electrons. The molecule has 0 aliphatic heterocycles. The second-order valence-corrected chi connectivity index (χ2v) is 4.43. The number of esters is 1. The van der Waals surface area contributed by atoms with Crippen molar-refractivity contribution in [1.29, 1.82) is 0 Å². The highest BCUT2D eigenvalue weighted by Crippen LogP contribution is 2.18. The molecule has 0 bridgehead atoms. The van der Waals surface area contributed by atoms with Crippen LogP contribution in [0.2, 0.25) is 0 Å². The summed E-state index contributed by atoms with van der Waals surface area (Å²) in [5, 5.41) is 3.09. The molecule has 21 heavy (non-hydrogen) atoms. The number of hydrogen-bond donors (Lipinski definition) is 2. The summed E-state index contributed by atoms with van der Waals surface area (Å²) in [6, 6.07) is 10.5. The summed E-state index contributed by atoms with van der Waals surface area (Å²) < 4.78 is 10.2. The number of para-hydroxylation sites is 1. The summed E-state index contributed by atoms with van der Waals surface area (Å²) in [5.41, 5.74) is 6.00. The van der Waals surface area contributed by atoms with Gasteiger partial charge in [-0.1, -0.05) is 12.1 Å². The Morgan fingerprint density at radius 2 is 2.05 bits per heavy atom. The highest BCUT2D eigenvalue weighted by Gasteiger charge is 2.18. The Morgan fingerprint density at radius 1 is 1.29 bits per heavy atom. The van der Waals surface area contributed by atoms with Gasteiger partial charge in [-0.25, -0.2) is 4.79 Å². The number of amides is 1. The van der Waals surface area contributed by atoms with E-state index < -0.39 is 18.0 Å². The first-order valence-corrected chi connectivity index (χ1v) is 6.43. The van der Waals surface area contributed by atoms with Gasteiger partial charge in [0, 0.05) is 5.69 Å². The molecule has 2 rings (SSSR count). The summed E-state index contributed by atoms with van der Waals surface area (Å²) in [6.07, 6.45) is 0.599. The zero-order chi connectivity index (χ0) is 15.2. The summed E-state index contributed by atoms with van der Waals surface area (Å²) in [4.78, 5) is 23.0. The number of anilines is 1. The summed E-state index contributed by atoms with van der Waals surface area (Å²) in [7, 11) is 0. The van der Waals surface area contributed by atoms with Gasteiger partial charge in [-0.05, 0) is 31.2 Å². The van der Waals surface area contributed by atoms with Crippen molar-refractivity contribution in [2.24, 2.45) is 5.73 Å². The molecule has 0 aliphatic carbocycles. The van der Waals surface area contributed by atoms with Gasteiger partial charge in [-0.3, -0.25) is 4.79 Å². The molecule has 0 fully saturated rings. The normalized spacial score (nSPS) is 11.7. The molecule has 1 amide bonds. The SMILES string of the molecule is C[C@@H](OC(=O)c1ccccc1NCc1ccco1)C(N)=O. The monoisotopic (exact) mass is 288 g/mol. The van der Waals surface area contributed by atoms with Crippen molar-refractivity contribution < 1.29 is 18.7 Å². The maximum atomic E-state index is 12.0. The van der Waals surface area contributed by atoms with E-state index in [0.717, 1.165) is 5.76 Å². The molecule has 1 heterocycles. The number of nitrogens with one attached hydrogen (secondary N) is 1. The number of nitrogens with two attached hydrogens (primary N) is 1. The minimum absolute atomic E-state index is 0.331. The molecule has 0 unspecified atom stereocenters. The molecule has 0 saturated carbocycles. The molecular formula is C15H16N2O4. The predicted octanol–water partition coefficient (Wildman–Crippen LogP) is 1.92. The Balaban J connectivity index is 2.08. The third-order valence-corrected chi connectivity index (χ3v) is 2.86. The van der Waals surface area contributed by atoms with Crippen molar-refractivity contribution in [2.75, 3.05) is 5.32 Å². The molecule has 2 aromatic rings. The van der Waals surface area contributed by atoms with Crippen LogP contribution >= 0.6 is 0 Å². The first-order chi connectivity index (χ1) is 10.1. The molecule has 6 nitrogen and oxygen atoms in total. The number of benzene rings is 1. The lowest BCUT2D eigenvalue weighted by atomic mass is 10.1. The van der Waals surface area contributed by atoms with E-state index in [1.165, 1.54) is 6.92 Å². The maximum absolute atomic E-state index is 12.0. The zero-order valence-corrected chi connectivity index (χ0v) is 11.5. The lowest BCUT2D eigenvalue weighted by Crippen LogP contribution is -2.30. The van der Waals surface area contributed by atoms with Gasteiger partial charge in [0.05, 0.1) is 18.4 Å². The quantitative estimate of drug-likeness (QED) is 0.792. The molecule has 0 aliphatic rings. The van der Waals surface area contributed by atoms with Crippen molar-refractivity contribution in [3.8, 4) is 0 Å². The molecule has 1 aromatic carbocycles. The number of carbonyl (C=O) groups excluding carboxylic acids is 2. The molecule has 0 saturated heterocycles. The van der Waals surface area contributed by atoms with E-state index in [2.05, 4.69) is 5.32 Å². The molecule has 110 valence electrons. The van der Waals surface area contributed by atoms with Crippen molar-refractivity contribution in [1.82, 2.24) is 0 Å². The average molecular weight is 288 g/mol. The zero-order valence-electron chi connectivity index (χ0n) is 11.5. The molecule has 3 N–H and O–H groups in total. The Morgan fingerprint density at radius 3 is 2.71 bits per heavy atom. The fourth-order valence-corrected chi connectivity index (χ4v) is 1.69. The standard InChI is InChI=1S/C15H16N2O4/c1-10(14(16)18)21-15(19)12-6-2-3-7-13(12)17-9-11-5-4-8-20-11/h2-8,10,17H,9H2,1H3,(H2,16,18)/t10-/m1/s1. The molecule has 0 spiro atoms. The van der Waals surface area contributed by atoms with E-state index in [1.54, 1.807) is 36.6 Å². The van der Waals surface area contributed by atoms with E-state index in [0.29, 0.717) is 17.8 Å². The largest absolute Gasteiger partial charge is 0.467 e. The van der Waals surface area contributed by atoms with Crippen LogP contribution in [0.3, 0.4) is 0 Å². The first kappa shape index (κ1) is 14.6. The Hall–Kier alpha value is -2.76. The fraction of sp³-hybridized carbons (Fsp3) is 0.200. The smallest absolute Gasteiger partial charge is 0.341 e. The highest BCUT2D eigenvalue weighted by molar-refractivity contribution is 5.97. The van der Waals surface area contributed by atoms with Crippen molar-refractivity contribution in [3.05, 3.63) is 54.0 Å². The van der Waals surface area contributed by atoms with Crippen LogP contribution in [0.1, 0.15) is 23.0 Å². The Labute approximate surface area is 121 Å². The maximum Gasteiger partial charge on any atom is 0.341 e. The van der Waals surface area contributed by atoms with Crippen molar-refractivity contribution in [3.63, 3.8) is 0 Å². The van der Waals surface area contributed by atoms with Gasteiger partial charge >= 0.3 is 5.97 Å². The highest BCUT2D eigenvalue weighted by atomic mass is 16.5. The molecule has 6 heteroatoms. The first-order valence-electron chi connectivity index (χ1n) is 6.43. The van der Waals surface area contributed by atoms with Gasteiger partial charge in [0.15, 0.2) is 6.10 Å². The molecule has 1 atom stereocenters. The van der Waals surface area contributed by atoms with E-state index in [-0.39, 0.29) is 0 Å². The van der Waals surface area contributed by atoms with E-state index in [9.17, 15) is 9.59 Å². The van der Waals surface area contributed by atoms with Gasteiger partial charge in [0.1, 0.15) is 5.76 Å². The van der Waals surface area contributed by atoms with Crippen LogP contribution in [-0.2, 0) is 16.1 Å². The third-order valence-electron chi connectivity index (χ3n) is 2.86. The van der Waals surface area contributed by atoms with Crippen LogP contribution in [0.4, 0.5) is 5.69 Å². The van der Waals surface area contributed by atoms with Crippen LogP contribution < -0.4 is 11.1 Å². The van der Waals surface area contributed by atoms with E-state index >= 15 is 0 Å². The summed E-state index contributed by atoms with van der Waals surface area (Å²) in [5.74, 6) is -0.558. The number of primary amides is 1. The molecular weight excluding hydrogens is 272 g/mol. The Kier molecular flexibility index (Phi) is 4.61. The summed E-state index contributed by atoms with van der Waals surface area (Å²) in [6.45, 7) is 1.86. The number of furan rings is 1. The number of hydrogen-bond acceptors (Lipinski definition) is 5. The van der Waals surface area contributed by atoms with E-state index in [4.69, 9.17) is 14.9 Å². The Bertz CT molecular complexity index is 622. The van der Waals surface area contributed by atoms with Crippen LogP contribution in [0, 0.1) is 0 Å². The van der Waals surface area contributed by atoms with Crippen molar-refractivity contribution in [2.45, 2.75) is 19.6 Å². The molecule has 1 aromatic heterocycles. The van der Waals surface area contributed by atoms with Gasteiger partial charge < -0.3 is 20.2 Å². The lowest BCUT2D eigenvalue weighted by molar-refractivity contribution is -0.125. The van der Waals surface area contributed by atoms with Crippen LogP contribution in [0.5, 0.6) is 0 Å². The van der Waals surface area contributed by atoms with Crippen molar-refractivity contribution >= 4 is 17.6 Å². The minimum Gasteiger partial charge on any atom is -0.467 e. The number of rotatable bonds is 6. The number of carbonyl (C=O) groups is 2. The predicted molar refractivity (Wildman–Crippen MR) is 76.5 cm³/mol. The second kappa shape index (κ2) is 6.60. The van der Waals surface area contributed by atoms with Crippen LogP contribution in [-0.4, -0.2) is 18.0 Å². The van der Waals surface area contributed by atoms with Crippen LogP contribution in [0.15, 0.2) is 47.1 Å². The second-order valence-electron chi connectivity index (χ2n) is 4.43. The van der Waals surface area contributed by atoms with Gasteiger partial charge in [-0.15, -0.1) is 0 Å². The minimum atomic E-state index is -0.976. The van der Waals surface area contributed by atoms with E-state index in [1.807, 2.05) is 6.07 Å². The van der Waals surface area contributed by atoms with Gasteiger partial charge in [0.25, 0.3) is 5.91 Å². The number of ether oxygens (including phenoxy) is 1.